The van der Waals surface area contributed by atoms with Crippen LogP contribution in [-0.4, -0.2) is 0 Å². The summed E-state index contributed by atoms with van der Waals surface area (Å²) in [5.74, 6) is 0. The molecule has 0 bridgehead atoms. The van der Waals surface area contributed by atoms with Gasteiger partial charge in [-0.2, -0.15) is 0 Å². The van der Waals surface area contributed by atoms with Crippen molar-refractivity contribution in [3.05, 3.63) is 53.6 Å². The van der Waals surface area contributed by atoms with Gasteiger partial charge >= 0.3 is 0 Å². The normalized spacial score (nSPS) is 10.5. The summed E-state index contributed by atoms with van der Waals surface area (Å²) in [6.07, 6.45) is 0. The zero-order valence-corrected chi connectivity index (χ0v) is 13.8. The SMILES string of the molecule is Clc1cc(I)ccc1-c1ccc(I)cc1Cl. The Morgan fingerprint density at radius 3 is 1.38 bits per heavy atom. The van der Waals surface area contributed by atoms with E-state index in [1.54, 1.807) is 0 Å². The fourth-order valence-electron chi connectivity index (χ4n) is 1.42. The Bertz CT molecular complexity index is 489. The second kappa shape index (κ2) is 5.42. The van der Waals surface area contributed by atoms with Gasteiger partial charge in [0.05, 0.1) is 0 Å². The average molecular weight is 475 g/mol. The molecular formula is C12H6Cl2I2. The average Bonchev–Trinajstić information content (AvgIpc) is 2.19. The minimum atomic E-state index is 0.731. The van der Waals surface area contributed by atoms with Crippen LogP contribution in [0.15, 0.2) is 36.4 Å². The quantitative estimate of drug-likeness (QED) is 0.453. The summed E-state index contributed by atoms with van der Waals surface area (Å²) in [4.78, 5) is 0. The lowest BCUT2D eigenvalue weighted by molar-refractivity contribution is 1.57. The van der Waals surface area contributed by atoms with E-state index in [4.69, 9.17) is 23.2 Å². The minimum Gasteiger partial charge on any atom is -0.0836 e. The van der Waals surface area contributed by atoms with Crippen LogP contribution in [-0.2, 0) is 0 Å². The van der Waals surface area contributed by atoms with Crippen LogP contribution < -0.4 is 0 Å². The number of rotatable bonds is 1. The van der Waals surface area contributed by atoms with Gasteiger partial charge in [-0.15, -0.1) is 0 Å². The van der Waals surface area contributed by atoms with Gasteiger partial charge in [0, 0.05) is 28.3 Å². The van der Waals surface area contributed by atoms with E-state index in [2.05, 4.69) is 45.2 Å². The first kappa shape index (κ1) is 12.9. The Hall–Kier alpha value is 0.480. The van der Waals surface area contributed by atoms with Crippen molar-refractivity contribution in [1.82, 2.24) is 0 Å². The molecule has 0 heterocycles. The van der Waals surface area contributed by atoms with Crippen molar-refractivity contribution in [1.29, 1.82) is 0 Å². The second-order valence-corrected chi connectivity index (χ2v) is 6.55. The molecule has 4 heteroatoms. The number of hydrogen-bond acceptors (Lipinski definition) is 0. The van der Waals surface area contributed by atoms with Crippen molar-refractivity contribution < 1.29 is 0 Å². The lowest BCUT2D eigenvalue weighted by atomic mass is 10.1. The van der Waals surface area contributed by atoms with Crippen molar-refractivity contribution in [3.8, 4) is 11.1 Å². The van der Waals surface area contributed by atoms with Crippen LogP contribution in [0.3, 0.4) is 0 Å². The van der Waals surface area contributed by atoms with E-state index < -0.39 is 0 Å². The van der Waals surface area contributed by atoms with Gasteiger partial charge in [-0.05, 0) is 69.4 Å². The van der Waals surface area contributed by atoms with Gasteiger partial charge in [0.25, 0.3) is 0 Å². The zero-order valence-electron chi connectivity index (χ0n) is 7.98. The van der Waals surface area contributed by atoms with Gasteiger partial charge in [-0.25, -0.2) is 0 Å². The summed E-state index contributed by atoms with van der Waals surface area (Å²) in [5.41, 5.74) is 1.95. The molecule has 0 aliphatic carbocycles. The molecular weight excluding hydrogens is 469 g/mol. The van der Waals surface area contributed by atoms with Crippen molar-refractivity contribution in [2.24, 2.45) is 0 Å². The van der Waals surface area contributed by atoms with Gasteiger partial charge in [-0.3, -0.25) is 0 Å². The zero-order chi connectivity index (χ0) is 11.7. The van der Waals surface area contributed by atoms with Crippen LogP contribution in [0.25, 0.3) is 11.1 Å². The van der Waals surface area contributed by atoms with E-state index in [0.717, 1.165) is 28.3 Å². The van der Waals surface area contributed by atoms with E-state index in [1.807, 2.05) is 36.4 Å². The smallest absolute Gasteiger partial charge is 0.0495 e. The molecule has 0 fully saturated rings. The van der Waals surface area contributed by atoms with Gasteiger partial charge in [0.2, 0.25) is 0 Å². The molecule has 0 unspecified atom stereocenters. The predicted octanol–water partition coefficient (Wildman–Crippen LogP) is 5.87. The van der Waals surface area contributed by atoms with Crippen molar-refractivity contribution in [2.75, 3.05) is 0 Å². The highest BCUT2D eigenvalue weighted by molar-refractivity contribution is 14.1. The molecule has 0 radical (unpaired) electrons. The maximum atomic E-state index is 6.21. The van der Waals surface area contributed by atoms with Crippen molar-refractivity contribution in [3.63, 3.8) is 0 Å². The molecule has 2 aromatic carbocycles. The van der Waals surface area contributed by atoms with E-state index in [-0.39, 0.29) is 0 Å². The number of hydrogen-bond donors (Lipinski definition) is 0. The van der Waals surface area contributed by atoms with Gasteiger partial charge in [0.15, 0.2) is 0 Å². The molecule has 2 aromatic rings. The Labute approximate surface area is 132 Å². The maximum absolute atomic E-state index is 6.21. The molecule has 0 nitrogen and oxygen atoms in total. The Kier molecular flexibility index (Phi) is 4.38. The molecule has 2 rings (SSSR count). The van der Waals surface area contributed by atoms with Crippen LogP contribution >= 0.6 is 68.4 Å². The molecule has 82 valence electrons. The highest BCUT2D eigenvalue weighted by Gasteiger charge is 2.08. The van der Waals surface area contributed by atoms with E-state index >= 15 is 0 Å². The van der Waals surface area contributed by atoms with Crippen LogP contribution in [0.4, 0.5) is 0 Å². The summed E-state index contributed by atoms with van der Waals surface area (Å²) in [5, 5.41) is 1.46. The summed E-state index contributed by atoms with van der Waals surface area (Å²) < 4.78 is 2.24. The fourth-order valence-corrected chi connectivity index (χ4v) is 3.33. The van der Waals surface area contributed by atoms with Crippen molar-refractivity contribution >= 4 is 68.4 Å². The Morgan fingerprint density at radius 1 is 0.688 bits per heavy atom. The summed E-state index contributed by atoms with van der Waals surface area (Å²) >= 11 is 16.9. The van der Waals surface area contributed by atoms with Crippen LogP contribution in [0.2, 0.25) is 10.0 Å². The third kappa shape index (κ3) is 2.83. The van der Waals surface area contributed by atoms with Gasteiger partial charge < -0.3 is 0 Å². The van der Waals surface area contributed by atoms with Crippen LogP contribution in [0.5, 0.6) is 0 Å². The van der Waals surface area contributed by atoms with Gasteiger partial charge in [-0.1, -0.05) is 35.3 Å². The number of benzene rings is 2. The lowest BCUT2D eigenvalue weighted by Gasteiger charge is -2.07. The molecule has 16 heavy (non-hydrogen) atoms. The summed E-state index contributed by atoms with van der Waals surface area (Å²) in [7, 11) is 0. The monoisotopic (exact) mass is 474 g/mol. The first-order valence-corrected chi connectivity index (χ1v) is 7.40. The highest BCUT2D eigenvalue weighted by Crippen LogP contribution is 2.34. The third-order valence-corrected chi connectivity index (χ3v) is 4.12. The summed E-state index contributed by atoms with van der Waals surface area (Å²) in [6.45, 7) is 0. The predicted molar refractivity (Wildman–Crippen MR) is 87.3 cm³/mol. The minimum absolute atomic E-state index is 0.731. The topological polar surface area (TPSA) is 0 Å². The van der Waals surface area contributed by atoms with E-state index in [1.165, 1.54) is 0 Å². The van der Waals surface area contributed by atoms with Crippen molar-refractivity contribution in [2.45, 2.75) is 0 Å². The molecule has 0 saturated carbocycles. The molecule has 0 atom stereocenters. The standard InChI is InChI=1S/C12H6Cl2I2/c13-11-5-7(15)1-3-9(11)10-4-2-8(16)6-12(10)14/h1-6H. The first-order chi connectivity index (χ1) is 7.58. The van der Waals surface area contributed by atoms with Gasteiger partial charge in [0.1, 0.15) is 0 Å². The van der Waals surface area contributed by atoms with E-state index in [9.17, 15) is 0 Å². The Morgan fingerprint density at radius 2 is 1.06 bits per heavy atom. The largest absolute Gasteiger partial charge is 0.0836 e. The molecule has 0 amide bonds. The fraction of sp³-hybridized carbons (Fsp3) is 0. The highest BCUT2D eigenvalue weighted by atomic mass is 127. The lowest BCUT2D eigenvalue weighted by Crippen LogP contribution is -1.83. The van der Waals surface area contributed by atoms with Crippen LogP contribution in [0, 0.1) is 7.14 Å². The third-order valence-electron chi connectivity index (χ3n) is 2.15. The molecule has 0 spiro atoms. The second-order valence-electron chi connectivity index (χ2n) is 3.25. The van der Waals surface area contributed by atoms with E-state index in [0.29, 0.717) is 0 Å². The first-order valence-electron chi connectivity index (χ1n) is 4.48. The van der Waals surface area contributed by atoms with Crippen LogP contribution in [0.1, 0.15) is 0 Å². The molecule has 0 aliphatic heterocycles. The number of halogens is 4. The Balaban J connectivity index is 2.59. The molecule has 0 aliphatic rings. The molecule has 0 aromatic heterocycles. The molecule has 0 N–H and O–H groups in total. The summed E-state index contributed by atoms with van der Waals surface area (Å²) in [6, 6.07) is 11.9. The maximum Gasteiger partial charge on any atom is 0.0495 e. The molecule has 0 saturated heterocycles.